The van der Waals surface area contributed by atoms with Crippen LogP contribution in [0.2, 0.25) is 0 Å². The molecule has 0 rings (SSSR count). The first kappa shape index (κ1) is 9.60. The summed E-state index contributed by atoms with van der Waals surface area (Å²) in [5.74, 6) is 0. The van der Waals surface area contributed by atoms with Crippen LogP contribution in [-0.4, -0.2) is 0 Å². The fraction of sp³-hybridized carbons (Fsp3) is 0. The number of hydrogen-bond donors (Lipinski definition) is 0. The van der Waals surface area contributed by atoms with Gasteiger partial charge in [-0.05, 0) is 0 Å². The summed E-state index contributed by atoms with van der Waals surface area (Å²) in [6.45, 7) is 0. The summed E-state index contributed by atoms with van der Waals surface area (Å²) in [5.41, 5.74) is 0. The molecule has 0 aliphatic carbocycles. The van der Waals surface area contributed by atoms with E-state index in [0.29, 0.717) is 0 Å². The molecule has 0 aliphatic rings. The van der Waals surface area contributed by atoms with Gasteiger partial charge in [0.05, 0.1) is 0 Å². The van der Waals surface area contributed by atoms with Gasteiger partial charge in [0.1, 0.15) is 0 Å². The summed E-state index contributed by atoms with van der Waals surface area (Å²) in [7, 11) is 0. The van der Waals surface area contributed by atoms with E-state index < -0.39 is 21.1 Å². The second kappa shape index (κ2) is 5.34. The lowest BCUT2D eigenvalue weighted by molar-refractivity contribution is -1.73. The molecule has 0 saturated carbocycles. The molecular formula is H2I2O3. The normalized spacial score (nSPS) is 7.20. The maximum Gasteiger partial charge on any atom is 0.282 e. The molecule has 0 aromatic carbocycles. The van der Waals surface area contributed by atoms with E-state index in [-0.39, 0.29) is 24.0 Å². The highest BCUT2D eigenvalue weighted by Crippen LogP contribution is -0.137. The Balaban J connectivity index is 0. The first-order valence-electron chi connectivity index (χ1n) is 0.463. The Hall–Kier alpha value is 1.34. The van der Waals surface area contributed by atoms with E-state index in [2.05, 4.69) is 0 Å². The third kappa shape index (κ3) is 33.2. The Morgan fingerprint density at radius 2 is 1.00 bits per heavy atom. The van der Waals surface area contributed by atoms with E-state index in [1.165, 1.54) is 0 Å². The Labute approximate surface area is 55.1 Å². The van der Waals surface area contributed by atoms with Crippen LogP contribution in [-0.2, 0) is 0 Å². The average molecular weight is 304 g/mol. The molecule has 0 aromatic heterocycles. The van der Waals surface area contributed by atoms with Crippen LogP contribution in [0.4, 0.5) is 0 Å². The highest BCUT2D eigenvalue weighted by Gasteiger charge is 1.70. The molecule has 3 nitrogen and oxygen atoms in total. The minimum atomic E-state index is -4.01. The van der Waals surface area contributed by atoms with Crippen LogP contribution in [0.15, 0.2) is 0 Å². The predicted molar refractivity (Wildman–Crippen MR) is 2.79 cm³/mol. The van der Waals surface area contributed by atoms with Crippen molar-refractivity contribution >= 4 is 0 Å². The fourth-order valence-corrected chi connectivity index (χ4v) is 0. The molecule has 0 amide bonds. The Kier molecular flexibility index (Phi) is 10.3. The monoisotopic (exact) mass is 304 g/mol. The van der Waals surface area contributed by atoms with Gasteiger partial charge < -0.3 is 10.3 Å². The molecule has 5 heteroatoms. The van der Waals surface area contributed by atoms with Gasteiger partial charge in [0.25, 0.3) is 21.1 Å². The summed E-state index contributed by atoms with van der Waals surface area (Å²) >= 11 is -4.01. The first-order valence-corrected chi connectivity index (χ1v) is 3.11. The Bertz CT molecular complexity index is 9.61. The maximum absolute atomic E-state index is 8.57. The van der Waals surface area contributed by atoms with E-state index >= 15 is 0 Å². The van der Waals surface area contributed by atoms with Crippen LogP contribution < -0.4 is 55.3 Å². The summed E-state index contributed by atoms with van der Waals surface area (Å²) in [4.78, 5) is 0. The van der Waals surface area contributed by atoms with Crippen LogP contribution in [0.3, 0.4) is 0 Å². The molecule has 0 saturated heterocycles. The van der Waals surface area contributed by atoms with Crippen molar-refractivity contribution in [1.29, 1.82) is 0 Å². The van der Waals surface area contributed by atoms with Crippen molar-refractivity contribution in [3.63, 3.8) is 0 Å². The minimum absolute atomic E-state index is 0. The Morgan fingerprint density at radius 1 is 1.00 bits per heavy atom. The van der Waals surface area contributed by atoms with Crippen molar-refractivity contribution in [3.05, 3.63) is 0 Å². The number of hydrogen-bond acceptors (Lipinski definition) is 3. The summed E-state index contributed by atoms with van der Waals surface area (Å²) in [6.07, 6.45) is 0. The van der Waals surface area contributed by atoms with E-state index in [4.69, 9.17) is 10.3 Å². The smallest absolute Gasteiger partial charge is 0.282 e. The Morgan fingerprint density at radius 3 is 1.00 bits per heavy atom. The lowest BCUT2D eigenvalue weighted by atomic mass is 16.0. The summed E-state index contributed by atoms with van der Waals surface area (Å²) in [5, 5.41) is 0. The fourth-order valence-electron chi connectivity index (χ4n) is 0. The lowest BCUT2D eigenvalue weighted by Crippen LogP contribution is -4.05. The van der Waals surface area contributed by atoms with Crippen LogP contribution in [0, 0.1) is 0 Å². The van der Waals surface area contributed by atoms with E-state index in [9.17, 15) is 0 Å². The second-order valence-electron chi connectivity index (χ2n) is 0.189. The zero-order valence-corrected chi connectivity index (χ0v) is 6.76. The molecule has 0 spiro atoms. The van der Waals surface area contributed by atoms with Crippen molar-refractivity contribution in [2.75, 3.05) is 0 Å². The van der Waals surface area contributed by atoms with Crippen molar-refractivity contribution in [2.45, 2.75) is 0 Å². The molecule has 0 atom stereocenters. The topological polar surface area (TPSA) is 69.2 Å². The SMILES string of the molecule is [IH2+].[O-][I+2]([O-])[O-]. The van der Waals surface area contributed by atoms with Crippen LogP contribution in [0.1, 0.15) is 0 Å². The summed E-state index contributed by atoms with van der Waals surface area (Å²) in [6, 6.07) is 0. The van der Waals surface area contributed by atoms with Gasteiger partial charge in [-0.3, -0.25) is 0 Å². The summed E-state index contributed by atoms with van der Waals surface area (Å²) < 4.78 is 25.7. The van der Waals surface area contributed by atoms with E-state index in [1.54, 1.807) is 0 Å². The zero-order valence-electron chi connectivity index (χ0n) is 2.05. The van der Waals surface area contributed by atoms with Crippen LogP contribution >= 0.6 is 0 Å². The van der Waals surface area contributed by atoms with Crippen molar-refractivity contribution in [1.82, 2.24) is 0 Å². The largest absolute Gasteiger partial charge is 0.427 e. The molecule has 5 heavy (non-hydrogen) atoms. The molecule has 0 unspecified atom stereocenters. The minimum Gasteiger partial charge on any atom is -0.427 e. The molecule has 34 valence electrons. The zero-order chi connectivity index (χ0) is 3.58. The standard InChI is InChI=1S/IO3.H2I/c2-1(3)4;/h;1H2/q-1;+1. The van der Waals surface area contributed by atoms with Gasteiger partial charge >= 0.3 is 0 Å². The van der Waals surface area contributed by atoms with E-state index in [1.807, 2.05) is 0 Å². The van der Waals surface area contributed by atoms with Crippen molar-refractivity contribution in [2.24, 2.45) is 0 Å². The molecule has 0 bridgehead atoms. The molecule has 0 N–H and O–H groups in total. The van der Waals surface area contributed by atoms with Gasteiger partial charge in [0.15, 0.2) is 0 Å². The van der Waals surface area contributed by atoms with Crippen LogP contribution in [0.25, 0.3) is 0 Å². The number of rotatable bonds is 0. The van der Waals surface area contributed by atoms with Gasteiger partial charge in [0, 0.05) is 0 Å². The molecule has 0 heterocycles. The first-order chi connectivity index (χ1) is 1.73. The average Bonchev–Trinajstić information content (AvgIpc) is 0.811. The van der Waals surface area contributed by atoms with Crippen molar-refractivity contribution < 1.29 is 55.3 Å². The quantitative estimate of drug-likeness (QED) is 0.417. The van der Waals surface area contributed by atoms with Gasteiger partial charge in [0.2, 0.25) is 24.0 Å². The highest BCUT2D eigenvalue weighted by atomic mass is 127. The van der Waals surface area contributed by atoms with Gasteiger partial charge in [-0.15, -0.1) is 0 Å². The lowest BCUT2D eigenvalue weighted by Gasteiger charge is -1.84. The van der Waals surface area contributed by atoms with Gasteiger partial charge in [-0.2, -0.15) is 0 Å². The van der Waals surface area contributed by atoms with Gasteiger partial charge in [-0.25, -0.2) is 0 Å². The molecule has 0 radical (unpaired) electrons. The maximum atomic E-state index is 8.57. The van der Waals surface area contributed by atoms with Gasteiger partial charge in [-0.1, -0.05) is 0 Å². The number of halogens is 2. The molecule has 0 aromatic rings. The van der Waals surface area contributed by atoms with Crippen LogP contribution in [0.5, 0.6) is 0 Å². The molecular weight excluding hydrogens is 302 g/mol. The van der Waals surface area contributed by atoms with Crippen molar-refractivity contribution in [3.8, 4) is 0 Å². The second-order valence-corrected chi connectivity index (χ2v) is 1.27. The predicted octanol–water partition coefficient (Wildman–Crippen LogP) is -10.1. The third-order valence-electron chi connectivity index (χ3n) is 0. The molecule has 0 fully saturated rings. The third-order valence-corrected chi connectivity index (χ3v) is 0. The van der Waals surface area contributed by atoms with E-state index in [0.717, 1.165) is 0 Å². The molecule has 0 aliphatic heterocycles. The highest BCUT2D eigenvalue weighted by molar-refractivity contribution is 1.73.